The number of likely N-dealkylation sites (N-methyl/N-ethyl adjacent to an activating group) is 2. The van der Waals surface area contributed by atoms with Crippen molar-refractivity contribution in [3.63, 3.8) is 0 Å². The van der Waals surface area contributed by atoms with Gasteiger partial charge in [0.25, 0.3) is 5.91 Å². The van der Waals surface area contributed by atoms with E-state index in [2.05, 4.69) is 19.8 Å². The zero-order valence-corrected chi connectivity index (χ0v) is 17.0. The minimum Gasteiger partial charge on any atom is -0.343 e. The van der Waals surface area contributed by atoms with Gasteiger partial charge in [0.05, 0.1) is 0 Å². The number of urea groups is 1. The number of hydrogen-bond donors (Lipinski definition) is 0. The molecule has 0 aromatic carbocycles. The molecule has 0 bridgehead atoms. The van der Waals surface area contributed by atoms with Crippen molar-refractivity contribution >= 4 is 29.7 Å². The number of piperidine rings is 1. The van der Waals surface area contributed by atoms with Gasteiger partial charge in [0.1, 0.15) is 0 Å². The van der Waals surface area contributed by atoms with Gasteiger partial charge < -0.3 is 14.7 Å². The van der Waals surface area contributed by atoms with Crippen LogP contribution in [-0.4, -0.2) is 99.2 Å². The second-order valence-corrected chi connectivity index (χ2v) is 8.26. The number of fused-ring (bicyclic) bond motifs is 1. The summed E-state index contributed by atoms with van der Waals surface area (Å²) in [7, 11) is 3.26. The van der Waals surface area contributed by atoms with Crippen molar-refractivity contribution in [1.29, 1.82) is 0 Å². The Morgan fingerprint density at radius 2 is 1.82 bits per heavy atom. The summed E-state index contributed by atoms with van der Waals surface area (Å²) in [6, 6.07) is 1.02. The fraction of sp³-hybridized carbons (Fsp3) is 0.611. The van der Waals surface area contributed by atoms with E-state index < -0.39 is 12.2 Å². The zero-order chi connectivity index (χ0) is 19.7. The van der Waals surface area contributed by atoms with Crippen LogP contribution >= 0.6 is 11.8 Å². The Hall–Kier alpha value is -2.36. The Bertz CT molecular complexity index is 768. The number of carbonyl (C=O) groups is 2. The fourth-order valence-corrected chi connectivity index (χ4v) is 4.68. The average Bonchev–Trinajstić information content (AvgIpc) is 3.12. The zero-order valence-electron chi connectivity index (χ0n) is 16.2. The van der Waals surface area contributed by atoms with Crippen LogP contribution in [-0.2, 0) is 4.79 Å². The number of rotatable bonds is 4. The minimum absolute atomic E-state index is 0.190. The molecule has 28 heavy (non-hydrogen) atoms. The van der Waals surface area contributed by atoms with Crippen LogP contribution in [0.4, 0.5) is 4.79 Å². The normalized spacial score (nSPS) is 25.3. The van der Waals surface area contributed by atoms with Crippen molar-refractivity contribution in [2.75, 3.05) is 39.5 Å². The molecule has 2 fully saturated rings. The number of thioether (sulfide) groups is 1. The topological polar surface area (TPSA) is 85.2 Å². The predicted octanol–water partition coefficient (Wildman–Crippen LogP) is 0.945. The van der Waals surface area contributed by atoms with Gasteiger partial charge in [0, 0.05) is 51.9 Å². The molecule has 2 unspecified atom stereocenters. The van der Waals surface area contributed by atoms with Crippen molar-refractivity contribution in [2.24, 2.45) is 4.99 Å². The van der Waals surface area contributed by atoms with Gasteiger partial charge in [-0.1, -0.05) is 11.8 Å². The lowest BCUT2D eigenvalue weighted by Crippen LogP contribution is -2.64. The summed E-state index contributed by atoms with van der Waals surface area (Å²) in [6.07, 6.45) is 6.45. The van der Waals surface area contributed by atoms with E-state index >= 15 is 0 Å². The quantitative estimate of drug-likeness (QED) is 0.546. The van der Waals surface area contributed by atoms with E-state index in [1.807, 2.05) is 0 Å². The van der Waals surface area contributed by atoms with Crippen LogP contribution < -0.4 is 0 Å². The van der Waals surface area contributed by atoms with Crippen molar-refractivity contribution in [2.45, 2.75) is 36.6 Å². The van der Waals surface area contributed by atoms with Gasteiger partial charge in [-0.15, -0.1) is 0 Å². The molecule has 0 aliphatic carbocycles. The molecule has 3 amide bonds. The third kappa shape index (κ3) is 3.41. The molecule has 1 aromatic rings. The molecule has 0 spiro atoms. The number of imide groups is 1. The van der Waals surface area contributed by atoms with Crippen LogP contribution in [0.5, 0.6) is 0 Å². The molecule has 0 N–H and O–H groups in total. The lowest BCUT2D eigenvalue weighted by molar-refractivity contribution is -0.136. The highest BCUT2D eigenvalue weighted by Crippen LogP contribution is 2.29. The van der Waals surface area contributed by atoms with E-state index in [9.17, 15) is 9.59 Å². The third-order valence-corrected chi connectivity index (χ3v) is 6.29. The van der Waals surface area contributed by atoms with Gasteiger partial charge in [-0.2, -0.15) is 0 Å². The molecule has 9 nitrogen and oxygen atoms in total. The smallest absolute Gasteiger partial charge is 0.328 e. The molecule has 150 valence electrons. The lowest BCUT2D eigenvalue weighted by atomic mass is 10.1. The highest BCUT2D eigenvalue weighted by molar-refractivity contribution is 7.99. The van der Waals surface area contributed by atoms with Crippen LogP contribution in [0, 0.1) is 0 Å². The summed E-state index contributed by atoms with van der Waals surface area (Å²) < 4.78 is 0. The van der Waals surface area contributed by atoms with Gasteiger partial charge in [0.15, 0.2) is 23.3 Å². The average molecular weight is 404 g/mol. The third-order valence-electron chi connectivity index (χ3n) is 5.44. The number of aliphatic imine (C=N–C) groups is 1. The van der Waals surface area contributed by atoms with E-state index in [1.54, 1.807) is 49.2 Å². The molecular weight excluding hydrogens is 378 g/mol. The first kappa shape index (κ1) is 19.0. The van der Waals surface area contributed by atoms with E-state index in [-0.39, 0.29) is 11.9 Å². The number of nitrogens with zero attached hydrogens (tertiary/aromatic N) is 7. The summed E-state index contributed by atoms with van der Waals surface area (Å²) in [5.41, 5.74) is 0. The van der Waals surface area contributed by atoms with E-state index in [0.717, 1.165) is 37.6 Å². The second kappa shape index (κ2) is 7.94. The molecule has 0 radical (unpaired) electrons. The van der Waals surface area contributed by atoms with Gasteiger partial charge >= 0.3 is 6.03 Å². The summed E-state index contributed by atoms with van der Waals surface area (Å²) in [6.45, 7) is 2.51. The van der Waals surface area contributed by atoms with Crippen molar-refractivity contribution in [1.82, 2.24) is 29.6 Å². The van der Waals surface area contributed by atoms with Crippen molar-refractivity contribution in [3.05, 3.63) is 18.5 Å². The summed E-state index contributed by atoms with van der Waals surface area (Å²) in [5.74, 6) is 1.38. The highest BCUT2D eigenvalue weighted by atomic mass is 32.2. The maximum Gasteiger partial charge on any atom is 0.328 e. The fourth-order valence-electron chi connectivity index (χ4n) is 3.94. The molecule has 3 aliphatic heterocycles. The Labute approximate surface area is 168 Å². The summed E-state index contributed by atoms with van der Waals surface area (Å²) >= 11 is 1.56. The number of likely N-dealkylation sites (tertiary alicyclic amines) is 1. The maximum atomic E-state index is 12.9. The van der Waals surface area contributed by atoms with Gasteiger partial charge in [0.2, 0.25) is 0 Å². The van der Waals surface area contributed by atoms with E-state index in [0.29, 0.717) is 11.7 Å². The second-order valence-electron chi connectivity index (χ2n) is 7.20. The molecule has 2 saturated heterocycles. The molecule has 3 aliphatic rings. The first-order valence-corrected chi connectivity index (χ1v) is 10.6. The van der Waals surface area contributed by atoms with Crippen LogP contribution in [0.2, 0.25) is 0 Å². The Morgan fingerprint density at radius 3 is 2.54 bits per heavy atom. The van der Waals surface area contributed by atoms with Crippen LogP contribution in [0.3, 0.4) is 0 Å². The van der Waals surface area contributed by atoms with Crippen molar-refractivity contribution in [3.8, 4) is 0 Å². The largest absolute Gasteiger partial charge is 0.343 e. The molecule has 4 rings (SSSR count). The first-order chi connectivity index (χ1) is 13.6. The van der Waals surface area contributed by atoms with Crippen LogP contribution in [0.15, 0.2) is 28.6 Å². The van der Waals surface area contributed by atoms with Gasteiger partial charge in [-0.25, -0.2) is 19.8 Å². The predicted molar refractivity (Wildman–Crippen MR) is 106 cm³/mol. The Morgan fingerprint density at radius 1 is 1.11 bits per heavy atom. The van der Waals surface area contributed by atoms with Crippen LogP contribution in [0.1, 0.15) is 19.3 Å². The first-order valence-electron chi connectivity index (χ1n) is 9.61. The van der Waals surface area contributed by atoms with Gasteiger partial charge in [-0.05, 0) is 25.3 Å². The molecule has 2 atom stereocenters. The minimum atomic E-state index is -0.470. The number of carbonyl (C=O) groups excluding carboxylic acids is 2. The standard InChI is InChI=1S/C18H25N7O2S/c1-22-14-13(15(26)23(2)18(22)27)25(11-12-28-16-19-7-6-8-20-16)17(21-14)24-9-4-3-5-10-24/h6-8,13-14H,3-5,9-12H2,1-2H3. The Kier molecular flexibility index (Phi) is 5.38. The number of aromatic nitrogens is 2. The monoisotopic (exact) mass is 403 g/mol. The number of guanidine groups is 1. The van der Waals surface area contributed by atoms with Crippen LogP contribution in [0.25, 0.3) is 0 Å². The number of amides is 3. The summed E-state index contributed by atoms with van der Waals surface area (Å²) in [5, 5.41) is 0.717. The molecular formula is C18H25N7O2S. The van der Waals surface area contributed by atoms with Gasteiger partial charge in [-0.3, -0.25) is 9.69 Å². The number of hydrogen-bond acceptors (Lipinski definition) is 8. The Balaban J connectivity index is 1.55. The SMILES string of the molecule is CN1C(=O)C2C(N=C(N3CCCCC3)N2CCSc2ncccn2)N(C)C1=O. The lowest BCUT2D eigenvalue weighted by Gasteiger charge is -2.41. The molecule has 0 saturated carbocycles. The highest BCUT2D eigenvalue weighted by Gasteiger charge is 2.51. The van der Waals surface area contributed by atoms with E-state index in [1.165, 1.54) is 11.3 Å². The molecule has 1 aromatic heterocycles. The van der Waals surface area contributed by atoms with Crippen molar-refractivity contribution < 1.29 is 9.59 Å². The summed E-state index contributed by atoms with van der Waals surface area (Å²) in [4.78, 5) is 45.8. The maximum absolute atomic E-state index is 12.9. The van der Waals surface area contributed by atoms with E-state index in [4.69, 9.17) is 4.99 Å². The molecule has 4 heterocycles. The molecule has 10 heteroatoms.